The Bertz CT molecular complexity index is 339. The van der Waals surface area contributed by atoms with Crippen molar-refractivity contribution < 1.29 is 14.7 Å². The summed E-state index contributed by atoms with van der Waals surface area (Å²) >= 11 is 0. The molecule has 1 rings (SSSR count). The van der Waals surface area contributed by atoms with E-state index in [0.29, 0.717) is 38.5 Å². The molecule has 6 heteroatoms. The van der Waals surface area contributed by atoms with E-state index in [4.69, 9.17) is 5.11 Å². The zero-order valence-electron chi connectivity index (χ0n) is 13.5. The Balaban J connectivity index is 2.11. The Hall–Kier alpha value is -1.14. The molecule has 0 aromatic rings. The van der Waals surface area contributed by atoms with E-state index in [1.165, 1.54) is 0 Å². The predicted molar refractivity (Wildman–Crippen MR) is 82.2 cm³/mol. The van der Waals surface area contributed by atoms with E-state index in [1.807, 2.05) is 0 Å². The van der Waals surface area contributed by atoms with E-state index in [1.54, 1.807) is 4.90 Å². The minimum absolute atomic E-state index is 0.0797. The van der Waals surface area contributed by atoms with Crippen molar-refractivity contribution in [3.05, 3.63) is 0 Å². The van der Waals surface area contributed by atoms with Gasteiger partial charge in [-0.1, -0.05) is 0 Å². The van der Waals surface area contributed by atoms with Crippen LogP contribution in [0.4, 0.5) is 0 Å². The Morgan fingerprint density at radius 1 is 1.33 bits per heavy atom. The van der Waals surface area contributed by atoms with Gasteiger partial charge < -0.3 is 20.2 Å². The van der Waals surface area contributed by atoms with Gasteiger partial charge in [0.1, 0.15) is 0 Å². The van der Waals surface area contributed by atoms with Crippen LogP contribution in [-0.2, 0) is 9.59 Å². The number of likely N-dealkylation sites (tertiary alicyclic amines) is 1. The second-order valence-corrected chi connectivity index (χ2v) is 6.10. The molecule has 0 aliphatic carbocycles. The standard InChI is InChI=1S/C15H29N3O3/c1-12(2)17(3)8-4-7-16-11-14(19)18-9-5-13(6-10-18)15(20)21/h12-13,16H,4-11H2,1-3H3,(H,20,21). The van der Waals surface area contributed by atoms with Gasteiger partial charge in [0.15, 0.2) is 0 Å². The van der Waals surface area contributed by atoms with Gasteiger partial charge in [-0.3, -0.25) is 9.59 Å². The summed E-state index contributed by atoms with van der Waals surface area (Å²) in [6.45, 7) is 7.65. The molecule has 0 aromatic heterocycles. The monoisotopic (exact) mass is 299 g/mol. The van der Waals surface area contributed by atoms with Gasteiger partial charge in [0.05, 0.1) is 12.5 Å². The van der Waals surface area contributed by atoms with Crippen molar-refractivity contribution in [1.29, 1.82) is 0 Å². The van der Waals surface area contributed by atoms with Gasteiger partial charge in [-0.15, -0.1) is 0 Å². The van der Waals surface area contributed by atoms with Crippen LogP contribution in [0.5, 0.6) is 0 Å². The van der Waals surface area contributed by atoms with Crippen molar-refractivity contribution in [3.63, 3.8) is 0 Å². The molecule has 1 saturated heterocycles. The van der Waals surface area contributed by atoms with Crippen LogP contribution < -0.4 is 5.32 Å². The number of piperidine rings is 1. The lowest BCUT2D eigenvalue weighted by molar-refractivity contribution is -0.145. The number of carbonyl (C=O) groups excluding carboxylic acids is 1. The molecule has 0 unspecified atom stereocenters. The SMILES string of the molecule is CC(C)N(C)CCCNCC(=O)N1CCC(C(=O)O)CC1. The fourth-order valence-electron chi connectivity index (χ4n) is 2.39. The summed E-state index contributed by atoms with van der Waals surface area (Å²) in [7, 11) is 2.10. The summed E-state index contributed by atoms with van der Waals surface area (Å²) in [4.78, 5) is 26.9. The molecule has 21 heavy (non-hydrogen) atoms. The molecule has 1 fully saturated rings. The van der Waals surface area contributed by atoms with E-state index in [2.05, 4.69) is 31.1 Å². The van der Waals surface area contributed by atoms with E-state index >= 15 is 0 Å². The van der Waals surface area contributed by atoms with Crippen molar-refractivity contribution in [3.8, 4) is 0 Å². The van der Waals surface area contributed by atoms with Crippen LogP contribution >= 0.6 is 0 Å². The maximum atomic E-state index is 12.0. The fourth-order valence-corrected chi connectivity index (χ4v) is 2.39. The second kappa shape index (κ2) is 9.00. The molecule has 0 saturated carbocycles. The lowest BCUT2D eigenvalue weighted by Gasteiger charge is -2.30. The van der Waals surface area contributed by atoms with Crippen molar-refractivity contribution in [2.24, 2.45) is 5.92 Å². The normalized spacial score (nSPS) is 16.7. The summed E-state index contributed by atoms with van der Waals surface area (Å²) in [6.07, 6.45) is 2.16. The van der Waals surface area contributed by atoms with Gasteiger partial charge in [-0.25, -0.2) is 0 Å². The maximum Gasteiger partial charge on any atom is 0.306 e. The first-order valence-electron chi connectivity index (χ1n) is 7.83. The minimum Gasteiger partial charge on any atom is -0.481 e. The molecule has 0 aromatic carbocycles. The summed E-state index contributed by atoms with van der Waals surface area (Å²) < 4.78 is 0. The van der Waals surface area contributed by atoms with Crippen molar-refractivity contribution in [1.82, 2.24) is 15.1 Å². The Kier molecular flexibility index (Phi) is 7.67. The summed E-state index contributed by atoms with van der Waals surface area (Å²) in [5.74, 6) is -0.945. The molecule has 1 heterocycles. The number of carboxylic acid groups (broad SMARTS) is 1. The molecule has 1 aliphatic rings. The minimum atomic E-state index is -0.741. The first-order chi connectivity index (χ1) is 9.91. The molecular weight excluding hydrogens is 270 g/mol. The van der Waals surface area contributed by atoms with Gasteiger partial charge in [-0.05, 0) is 53.2 Å². The molecular formula is C15H29N3O3. The lowest BCUT2D eigenvalue weighted by atomic mass is 9.97. The van der Waals surface area contributed by atoms with Crippen LogP contribution in [0.2, 0.25) is 0 Å². The van der Waals surface area contributed by atoms with E-state index in [-0.39, 0.29) is 11.8 Å². The Morgan fingerprint density at radius 2 is 1.95 bits per heavy atom. The average Bonchev–Trinajstić information content (AvgIpc) is 2.46. The zero-order valence-corrected chi connectivity index (χ0v) is 13.5. The number of nitrogens with one attached hydrogen (secondary N) is 1. The number of amides is 1. The molecule has 122 valence electrons. The van der Waals surface area contributed by atoms with Crippen LogP contribution in [0.25, 0.3) is 0 Å². The number of carboxylic acids is 1. The quantitative estimate of drug-likeness (QED) is 0.643. The number of hydrogen-bond donors (Lipinski definition) is 2. The van der Waals surface area contributed by atoms with E-state index in [0.717, 1.165) is 19.5 Å². The van der Waals surface area contributed by atoms with Crippen molar-refractivity contribution >= 4 is 11.9 Å². The molecule has 0 bridgehead atoms. The smallest absolute Gasteiger partial charge is 0.306 e. The van der Waals surface area contributed by atoms with Gasteiger partial charge in [0.2, 0.25) is 5.91 Å². The van der Waals surface area contributed by atoms with Crippen LogP contribution in [0.3, 0.4) is 0 Å². The van der Waals surface area contributed by atoms with E-state index in [9.17, 15) is 9.59 Å². The lowest BCUT2D eigenvalue weighted by Crippen LogP contribution is -2.44. The topological polar surface area (TPSA) is 72.9 Å². The zero-order chi connectivity index (χ0) is 15.8. The molecule has 1 aliphatic heterocycles. The fraction of sp³-hybridized carbons (Fsp3) is 0.867. The first kappa shape index (κ1) is 17.9. The Morgan fingerprint density at radius 3 is 2.48 bits per heavy atom. The second-order valence-electron chi connectivity index (χ2n) is 6.10. The highest BCUT2D eigenvalue weighted by molar-refractivity contribution is 5.78. The maximum absolute atomic E-state index is 12.0. The third-order valence-corrected chi connectivity index (χ3v) is 4.22. The first-order valence-corrected chi connectivity index (χ1v) is 7.83. The van der Waals surface area contributed by atoms with E-state index < -0.39 is 5.97 Å². The number of rotatable bonds is 8. The van der Waals surface area contributed by atoms with Crippen LogP contribution in [0.15, 0.2) is 0 Å². The molecule has 1 amide bonds. The number of hydrogen-bond acceptors (Lipinski definition) is 4. The van der Waals surface area contributed by atoms with Gasteiger partial charge in [-0.2, -0.15) is 0 Å². The van der Waals surface area contributed by atoms with Gasteiger partial charge in [0.25, 0.3) is 0 Å². The molecule has 0 spiro atoms. The van der Waals surface area contributed by atoms with Crippen molar-refractivity contribution in [2.75, 3.05) is 39.8 Å². The summed E-state index contributed by atoms with van der Waals surface area (Å²) in [5, 5.41) is 12.1. The van der Waals surface area contributed by atoms with Crippen molar-refractivity contribution in [2.45, 2.75) is 39.2 Å². The molecule has 2 N–H and O–H groups in total. The van der Waals surface area contributed by atoms with Crippen LogP contribution in [-0.4, -0.2) is 72.6 Å². The van der Waals surface area contributed by atoms with Crippen LogP contribution in [0, 0.1) is 5.92 Å². The third kappa shape index (κ3) is 6.44. The third-order valence-electron chi connectivity index (χ3n) is 4.22. The summed E-state index contributed by atoms with van der Waals surface area (Å²) in [5.41, 5.74) is 0. The highest BCUT2D eigenvalue weighted by Crippen LogP contribution is 2.16. The van der Waals surface area contributed by atoms with Gasteiger partial charge in [0, 0.05) is 19.1 Å². The highest BCUT2D eigenvalue weighted by atomic mass is 16.4. The Labute approximate surface area is 127 Å². The molecule has 6 nitrogen and oxygen atoms in total. The van der Waals surface area contributed by atoms with Gasteiger partial charge >= 0.3 is 5.97 Å². The van der Waals surface area contributed by atoms with Crippen LogP contribution in [0.1, 0.15) is 33.1 Å². The molecule has 0 atom stereocenters. The largest absolute Gasteiger partial charge is 0.481 e. The molecule has 0 radical (unpaired) electrons. The average molecular weight is 299 g/mol. The number of aliphatic carboxylic acids is 1. The highest BCUT2D eigenvalue weighted by Gasteiger charge is 2.26. The number of carbonyl (C=O) groups is 2. The predicted octanol–water partition coefficient (Wildman–Crippen LogP) is 0.630. The number of nitrogens with zero attached hydrogens (tertiary/aromatic N) is 2. The summed E-state index contributed by atoms with van der Waals surface area (Å²) in [6, 6.07) is 0.544.